The summed E-state index contributed by atoms with van der Waals surface area (Å²) in [5.74, 6) is 0.275. The van der Waals surface area contributed by atoms with E-state index < -0.39 is 0 Å². The monoisotopic (exact) mass is 377 g/mol. The van der Waals surface area contributed by atoms with E-state index in [1.54, 1.807) is 0 Å². The van der Waals surface area contributed by atoms with Gasteiger partial charge in [0.1, 0.15) is 0 Å². The molecule has 146 valence electrons. The molecule has 0 aromatic heterocycles. The summed E-state index contributed by atoms with van der Waals surface area (Å²) in [6, 6.07) is 16.6. The Morgan fingerprint density at radius 1 is 1.04 bits per heavy atom. The number of piperazine rings is 1. The second-order valence-electron chi connectivity index (χ2n) is 7.67. The summed E-state index contributed by atoms with van der Waals surface area (Å²) >= 11 is 0. The average Bonchev–Trinajstić information content (AvgIpc) is 2.71. The lowest BCUT2D eigenvalue weighted by molar-refractivity contribution is -0.139. The fraction of sp³-hybridized carbons (Fsp3) is 0.391. The molecule has 2 aromatic rings. The van der Waals surface area contributed by atoms with E-state index in [-0.39, 0.29) is 17.9 Å². The molecule has 2 aliphatic heterocycles. The van der Waals surface area contributed by atoms with Crippen LogP contribution in [-0.4, -0.2) is 41.2 Å². The zero-order chi connectivity index (χ0) is 19.5. The van der Waals surface area contributed by atoms with Crippen molar-refractivity contribution in [3.05, 3.63) is 65.2 Å². The van der Waals surface area contributed by atoms with Crippen molar-refractivity contribution in [2.24, 2.45) is 0 Å². The third-order valence-corrected chi connectivity index (χ3v) is 5.76. The van der Waals surface area contributed by atoms with Crippen molar-refractivity contribution < 1.29 is 9.59 Å². The second-order valence-corrected chi connectivity index (χ2v) is 7.67. The molecule has 2 aromatic carbocycles. The maximum Gasteiger partial charge on any atom is 0.237 e. The number of nitrogens with zero attached hydrogens (tertiary/aromatic N) is 2. The Morgan fingerprint density at radius 3 is 2.61 bits per heavy atom. The maximum absolute atomic E-state index is 12.9. The number of fused-ring (bicyclic) bond motifs is 1. The van der Waals surface area contributed by atoms with Crippen molar-refractivity contribution in [3.63, 3.8) is 0 Å². The number of rotatable bonds is 5. The van der Waals surface area contributed by atoms with E-state index in [4.69, 9.17) is 0 Å². The number of carbonyl (C=O) groups excluding carboxylic acids is 2. The minimum absolute atomic E-state index is 0.0806. The van der Waals surface area contributed by atoms with Crippen LogP contribution in [0.3, 0.4) is 0 Å². The van der Waals surface area contributed by atoms with Crippen molar-refractivity contribution in [2.75, 3.05) is 25.0 Å². The first kappa shape index (κ1) is 18.7. The Labute approximate surface area is 166 Å². The van der Waals surface area contributed by atoms with Crippen molar-refractivity contribution in [2.45, 2.75) is 38.8 Å². The number of hydrogen-bond acceptors (Lipinski definition) is 3. The standard InChI is InChI=1S/C23H27N3O2/c1-2-21(19-8-10-20-18(14-19)9-11-22(27)24-20)26-13-12-25(16-23(26)28)15-17-6-4-3-5-7-17/h3-8,10,14,21H,2,9,11-13,15-16H2,1H3,(H,24,27). The van der Waals surface area contributed by atoms with E-state index >= 15 is 0 Å². The van der Waals surface area contributed by atoms with Gasteiger partial charge in [-0.2, -0.15) is 0 Å². The Balaban J connectivity index is 1.46. The molecule has 0 saturated carbocycles. The summed E-state index contributed by atoms with van der Waals surface area (Å²) in [6.45, 7) is 5.05. The molecule has 5 heteroatoms. The van der Waals surface area contributed by atoms with E-state index in [9.17, 15) is 9.59 Å². The van der Waals surface area contributed by atoms with Gasteiger partial charge in [0.2, 0.25) is 11.8 Å². The van der Waals surface area contributed by atoms with Gasteiger partial charge >= 0.3 is 0 Å². The van der Waals surface area contributed by atoms with Crippen LogP contribution >= 0.6 is 0 Å². The Hall–Kier alpha value is -2.66. The molecule has 2 heterocycles. The number of anilines is 1. The quantitative estimate of drug-likeness (QED) is 0.869. The smallest absolute Gasteiger partial charge is 0.237 e. The predicted molar refractivity (Wildman–Crippen MR) is 110 cm³/mol. The summed E-state index contributed by atoms with van der Waals surface area (Å²) in [4.78, 5) is 28.8. The van der Waals surface area contributed by atoms with Gasteiger partial charge in [0.25, 0.3) is 0 Å². The van der Waals surface area contributed by atoms with E-state index in [0.717, 1.165) is 38.2 Å². The minimum atomic E-state index is 0.0806. The Bertz CT molecular complexity index is 865. The first-order valence-corrected chi connectivity index (χ1v) is 10.1. The zero-order valence-corrected chi connectivity index (χ0v) is 16.4. The summed E-state index contributed by atoms with van der Waals surface area (Å²) in [5.41, 5.74) is 4.49. The lowest BCUT2D eigenvalue weighted by atomic mass is 9.95. The molecule has 0 spiro atoms. The topological polar surface area (TPSA) is 52.7 Å². The number of hydrogen-bond donors (Lipinski definition) is 1. The van der Waals surface area contributed by atoms with Crippen molar-refractivity contribution in [3.8, 4) is 0 Å². The first-order valence-electron chi connectivity index (χ1n) is 10.1. The van der Waals surface area contributed by atoms with Crippen LogP contribution in [0.4, 0.5) is 5.69 Å². The lowest BCUT2D eigenvalue weighted by Gasteiger charge is -2.39. The highest BCUT2D eigenvalue weighted by Crippen LogP contribution is 2.31. The molecule has 1 atom stereocenters. The highest BCUT2D eigenvalue weighted by molar-refractivity contribution is 5.93. The largest absolute Gasteiger partial charge is 0.333 e. The average molecular weight is 377 g/mol. The molecule has 1 saturated heterocycles. The molecule has 28 heavy (non-hydrogen) atoms. The van der Waals surface area contributed by atoms with Crippen LogP contribution in [0.15, 0.2) is 48.5 Å². The van der Waals surface area contributed by atoms with Crippen LogP contribution in [0.1, 0.15) is 42.5 Å². The second kappa shape index (κ2) is 8.15. The Kier molecular flexibility index (Phi) is 5.44. The zero-order valence-electron chi connectivity index (χ0n) is 16.4. The fourth-order valence-corrected chi connectivity index (χ4v) is 4.29. The summed E-state index contributed by atoms with van der Waals surface area (Å²) in [6.07, 6.45) is 2.18. The van der Waals surface area contributed by atoms with Crippen LogP contribution in [0.25, 0.3) is 0 Å². The number of nitrogens with one attached hydrogen (secondary N) is 1. The molecular weight excluding hydrogens is 350 g/mol. The lowest BCUT2D eigenvalue weighted by Crippen LogP contribution is -2.51. The predicted octanol–water partition coefficient (Wildman–Crippen LogP) is 3.37. The number of amides is 2. The van der Waals surface area contributed by atoms with Gasteiger partial charge in [0.15, 0.2) is 0 Å². The summed E-state index contributed by atoms with van der Waals surface area (Å²) < 4.78 is 0. The highest BCUT2D eigenvalue weighted by atomic mass is 16.2. The molecule has 0 radical (unpaired) electrons. The Morgan fingerprint density at radius 2 is 1.86 bits per heavy atom. The molecule has 5 nitrogen and oxygen atoms in total. The van der Waals surface area contributed by atoms with Gasteiger partial charge in [0, 0.05) is 31.7 Å². The first-order chi connectivity index (χ1) is 13.6. The van der Waals surface area contributed by atoms with Gasteiger partial charge in [0.05, 0.1) is 12.6 Å². The number of aryl methyl sites for hydroxylation is 1. The highest BCUT2D eigenvalue weighted by Gasteiger charge is 2.30. The van der Waals surface area contributed by atoms with E-state index in [1.807, 2.05) is 29.2 Å². The van der Waals surface area contributed by atoms with Gasteiger partial charge in [-0.15, -0.1) is 0 Å². The molecule has 1 unspecified atom stereocenters. The summed E-state index contributed by atoms with van der Waals surface area (Å²) in [7, 11) is 0. The number of benzene rings is 2. The normalized spacial score (nSPS) is 18.5. The van der Waals surface area contributed by atoms with Gasteiger partial charge in [-0.1, -0.05) is 49.4 Å². The molecule has 1 N–H and O–H groups in total. The molecule has 0 bridgehead atoms. The molecular formula is C23H27N3O2. The van der Waals surface area contributed by atoms with Crippen LogP contribution in [0, 0.1) is 0 Å². The van der Waals surface area contributed by atoms with E-state index in [1.165, 1.54) is 16.7 Å². The fourth-order valence-electron chi connectivity index (χ4n) is 4.29. The van der Waals surface area contributed by atoms with Crippen molar-refractivity contribution in [1.82, 2.24) is 9.80 Å². The van der Waals surface area contributed by atoms with Crippen molar-refractivity contribution in [1.29, 1.82) is 0 Å². The minimum Gasteiger partial charge on any atom is -0.333 e. The number of carbonyl (C=O) groups is 2. The molecule has 1 fully saturated rings. The van der Waals surface area contributed by atoms with Crippen LogP contribution in [0.5, 0.6) is 0 Å². The van der Waals surface area contributed by atoms with Gasteiger partial charge in [-0.05, 0) is 35.6 Å². The molecule has 4 rings (SSSR count). The van der Waals surface area contributed by atoms with Crippen LogP contribution in [0.2, 0.25) is 0 Å². The third kappa shape index (κ3) is 3.94. The van der Waals surface area contributed by atoms with Crippen LogP contribution < -0.4 is 5.32 Å². The summed E-state index contributed by atoms with van der Waals surface area (Å²) in [5, 5.41) is 2.94. The van der Waals surface area contributed by atoms with Crippen molar-refractivity contribution >= 4 is 17.5 Å². The van der Waals surface area contributed by atoms with Gasteiger partial charge in [-0.3, -0.25) is 14.5 Å². The maximum atomic E-state index is 12.9. The SMILES string of the molecule is CCC(c1ccc2c(c1)CCC(=O)N2)N1CCN(Cc2ccccc2)CC1=O. The van der Waals surface area contributed by atoms with E-state index in [2.05, 4.69) is 41.4 Å². The van der Waals surface area contributed by atoms with Gasteiger partial charge in [-0.25, -0.2) is 0 Å². The molecule has 2 aliphatic rings. The van der Waals surface area contributed by atoms with Gasteiger partial charge < -0.3 is 10.2 Å². The molecule has 0 aliphatic carbocycles. The third-order valence-electron chi connectivity index (χ3n) is 5.76. The van der Waals surface area contributed by atoms with Crippen LogP contribution in [-0.2, 0) is 22.6 Å². The van der Waals surface area contributed by atoms with E-state index in [0.29, 0.717) is 13.0 Å². The molecule has 2 amide bonds.